The Morgan fingerprint density at radius 1 is 1.45 bits per heavy atom. The van der Waals surface area contributed by atoms with Crippen LogP contribution in [0.2, 0.25) is 0 Å². The van der Waals surface area contributed by atoms with Crippen molar-refractivity contribution in [3.63, 3.8) is 0 Å². The maximum Gasteiger partial charge on any atom is 0.169 e. The van der Waals surface area contributed by atoms with E-state index in [9.17, 15) is 4.39 Å². The van der Waals surface area contributed by atoms with E-state index in [1.54, 1.807) is 6.07 Å². The van der Waals surface area contributed by atoms with Gasteiger partial charge >= 0.3 is 0 Å². The van der Waals surface area contributed by atoms with Crippen LogP contribution in [-0.2, 0) is 5.41 Å². The SMILES string of the molecule is CCCNC1CCC(C)(c2cc3cccc(F)c3o2)C1. The zero-order valence-corrected chi connectivity index (χ0v) is 12.2. The standard InChI is InChI=1S/C17H22FNO/c1-3-9-19-13-7-8-17(2,11-13)15-10-12-5-4-6-14(18)16(12)20-15/h4-6,10,13,19H,3,7-9,11H2,1-2H3. The van der Waals surface area contributed by atoms with Crippen molar-refractivity contribution in [1.29, 1.82) is 0 Å². The predicted molar refractivity (Wildman–Crippen MR) is 79.5 cm³/mol. The van der Waals surface area contributed by atoms with Crippen LogP contribution in [-0.4, -0.2) is 12.6 Å². The molecule has 1 saturated carbocycles. The summed E-state index contributed by atoms with van der Waals surface area (Å²) in [5.41, 5.74) is 0.422. The minimum atomic E-state index is -0.268. The van der Waals surface area contributed by atoms with Crippen molar-refractivity contribution in [2.75, 3.05) is 6.54 Å². The molecule has 2 atom stereocenters. The predicted octanol–water partition coefficient (Wildman–Crippen LogP) is 4.38. The van der Waals surface area contributed by atoms with Gasteiger partial charge in [0.05, 0.1) is 0 Å². The molecule has 1 aliphatic rings. The van der Waals surface area contributed by atoms with Crippen molar-refractivity contribution in [1.82, 2.24) is 5.32 Å². The second-order valence-electron chi connectivity index (χ2n) is 6.22. The van der Waals surface area contributed by atoms with E-state index in [0.717, 1.165) is 43.4 Å². The molecule has 1 fully saturated rings. The molecule has 20 heavy (non-hydrogen) atoms. The van der Waals surface area contributed by atoms with Gasteiger partial charge in [0.1, 0.15) is 5.76 Å². The van der Waals surface area contributed by atoms with Gasteiger partial charge in [-0.2, -0.15) is 0 Å². The number of halogens is 1. The Kier molecular flexibility index (Phi) is 3.55. The number of hydrogen-bond donors (Lipinski definition) is 1. The third-order valence-electron chi connectivity index (χ3n) is 4.52. The Morgan fingerprint density at radius 3 is 3.05 bits per heavy atom. The Morgan fingerprint density at radius 2 is 2.30 bits per heavy atom. The number of hydrogen-bond acceptors (Lipinski definition) is 2. The van der Waals surface area contributed by atoms with Crippen LogP contribution < -0.4 is 5.32 Å². The van der Waals surface area contributed by atoms with Crippen molar-refractivity contribution < 1.29 is 8.81 Å². The third-order valence-corrected chi connectivity index (χ3v) is 4.52. The minimum absolute atomic E-state index is 0.0247. The number of para-hydroxylation sites is 1. The lowest BCUT2D eigenvalue weighted by atomic mass is 9.85. The van der Waals surface area contributed by atoms with E-state index in [2.05, 4.69) is 19.2 Å². The molecule has 0 bridgehead atoms. The summed E-state index contributed by atoms with van der Waals surface area (Å²) in [7, 11) is 0. The van der Waals surface area contributed by atoms with E-state index in [0.29, 0.717) is 11.6 Å². The van der Waals surface area contributed by atoms with E-state index >= 15 is 0 Å². The second kappa shape index (κ2) is 5.21. The Labute approximate surface area is 119 Å². The van der Waals surface area contributed by atoms with Crippen LogP contribution in [0.1, 0.15) is 45.3 Å². The number of nitrogens with one attached hydrogen (secondary N) is 1. The van der Waals surface area contributed by atoms with Gasteiger partial charge in [-0.3, -0.25) is 0 Å². The molecular formula is C17H22FNO. The molecule has 1 aliphatic carbocycles. The number of furan rings is 1. The van der Waals surface area contributed by atoms with Crippen LogP contribution in [0.25, 0.3) is 11.0 Å². The van der Waals surface area contributed by atoms with Gasteiger partial charge in [0.2, 0.25) is 0 Å². The van der Waals surface area contributed by atoms with Crippen LogP contribution in [0.15, 0.2) is 28.7 Å². The zero-order valence-electron chi connectivity index (χ0n) is 12.2. The number of rotatable bonds is 4. The van der Waals surface area contributed by atoms with Crippen LogP contribution in [0.4, 0.5) is 4.39 Å². The van der Waals surface area contributed by atoms with E-state index in [1.165, 1.54) is 6.07 Å². The lowest BCUT2D eigenvalue weighted by Gasteiger charge is -2.21. The average molecular weight is 275 g/mol. The van der Waals surface area contributed by atoms with Crippen LogP contribution in [0.3, 0.4) is 0 Å². The van der Waals surface area contributed by atoms with E-state index < -0.39 is 0 Å². The summed E-state index contributed by atoms with van der Waals surface area (Å²) in [6.07, 6.45) is 4.48. The molecule has 0 amide bonds. The van der Waals surface area contributed by atoms with Crippen molar-refractivity contribution in [3.05, 3.63) is 35.8 Å². The molecule has 0 spiro atoms. The first kappa shape index (κ1) is 13.6. The van der Waals surface area contributed by atoms with E-state index in [4.69, 9.17) is 4.42 Å². The van der Waals surface area contributed by atoms with Crippen molar-refractivity contribution >= 4 is 11.0 Å². The molecule has 0 aliphatic heterocycles. The number of benzene rings is 1. The molecule has 2 nitrogen and oxygen atoms in total. The summed E-state index contributed by atoms with van der Waals surface area (Å²) in [4.78, 5) is 0. The lowest BCUT2D eigenvalue weighted by Crippen LogP contribution is -2.29. The van der Waals surface area contributed by atoms with Crippen molar-refractivity contribution in [3.8, 4) is 0 Å². The molecule has 0 saturated heterocycles. The fraction of sp³-hybridized carbons (Fsp3) is 0.529. The van der Waals surface area contributed by atoms with Gasteiger partial charge in [-0.1, -0.05) is 26.0 Å². The summed E-state index contributed by atoms with van der Waals surface area (Å²) >= 11 is 0. The maximum atomic E-state index is 13.7. The Balaban J connectivity index is 1.85. The smallest absolute Gasteiger partial charge is 0.169 e. The van der Waals surface area contributed by atoms with Crippen LogP contribution in [0, 0.1) is 5.82 Å². The molecule has 1 aromatic heterocycles. The van der Waals surface area contributed by atoms with Gasteiger partial charge in [0, 0.05) is 16.8 Å². The highest BCUT2D eigenvalue weighted by atomic mass is 19.1. The fourth-order valence-corrected chi connectivity index (χ4v) is 3.31. The molecule has 3 heteroatoms. The third kappa shape index (κ3) is 2.35. The zero-order chi connectivity index (χ0) is 14.2. The van der Waals surface area contributed by atoms with E-state index in [1.807, 2.05) is 12.1 Å². The molecule has 1 heterocycles. The topological polar surface area (TPSA) is 25.2 Å². The highest BCUT2D eigenvalue weighted by molar-refractivity contribution is 5.78. The van der Waals surface area contributed by atoms with Gasteiger partial charge in [-0.05, 0) is 44.4 Å². The molecule has 1 N–H and O–H groups in total. The summed E-state index contributed by atoms with van der Waals surface area (Å²) < 4.78 is 19.6. The average Bonchev–Trinajstić information content (AvgIpc) is 3.02. The van der Waals surface area contributed by atoms with Gasteiger partial charge in [-0.15, -0.1) is 0 Å². The maximum absolute atomic E-state index is 13.7. The molecule has 0 radical (unpaired) electrons. The van der Waals surface area contributed by atoms with Gasteiger partial charge < -0.3 is 9.73 Å². The first-order chi connectivity index (χ1) is 9.62. The van der Waals surface area contributed by atoms with Crippen LogP contribution >= 0.6 is 0 Å². The highest BCUT2D eigenvalue weighted by Gasteiger charge is 2.39. The summed E-state index contributed by atoms with van der Waals surface area (Å²) in [6, 6.07) is 7.67. The summed E-state index contributed by atoms with van der Waals surface area (Å²) in [5, 5.41) is 4.45. The van der Waals surface area contributed by atoms with Gasteiger partial charge in [0.15, 0.2) is 11.4 Å². The molecule has 3 rings (SSSR count). The number of fused-ring (bicyclic) bond motifs is 1. The van der Waals surface area contributed by atoms with Crippen molar-refractivity contribution in [2.45, 2.75) is 51.0 Å². The van der Waals surface area contributed by atoms with Crippen molar-refractivity contribution in [2.24, 2.45) is 0 Å². The Bertz CT molecular complexity index is 606. The quantitative estimate of drug-likeness (QED) is 0.895. The Hall–Kier alpha value is -1.35. The first-order valence-corrected chi connectivity index (χ1v) is 7.54. The lowest BCUT2D eigenvalue weighted by molar-refractivity contribution is 0.365. The summed E-state index contributed by atoms with van der Waals surface area (Å²) in [5.74, 6) is 0.661. The molecule has 2 unspecified atom stereocenters. The monoisotopic (exact) mass is 275 g/mol. The fourth-order valence-electron chi connectivity index (χ4n) is 3.31. The van der Waals surface area contributed by atoms with Gasteiger partial charge in [0.25, 0.3) is 0 Å². The molecule has 108 valence electrons. The highest BCUT2D eigenvalue weighted by Crippen LogP contribution is 2.43. The van der Waals surface area contributed by atoms with Crippen LogP contribution in [0.5, 0.6) is 0 Å². The normalized spacial score (nSPS) is 26.4. The summed E-state index contributed by atoms with van der Waals surface area (Å²) in [6.45, 7) is 5.48. The van der Waals surface area contributed by atoms with E-state index in [-0.39, 0.29) is 11.2 Å². The molecular weight excluding hydrogens is 253 g/mol. The largest absolute Gasteiger partial charge is 0.457 e. The minimum Gasteiger partial charge on any atom is -0.457 e. The second-order valence-corrected chi connectivity index (χ2v) is 6.22. The molecule has 1 aromatic carbocycles. The van der Waals surface area contributed by atoms with Gasteiger partial charge in [-0.25, -0.2) is 4.39 Å². The first-order valence-electron chi connectivity index (χ1n) is 7.54. The molecule has 2 aromatic rings.